The molecule has 0 saturated carbocycles. The molecular weight excluding hydrogens is 546 g/mol. The van der Waals surface area contributed by atoms with Crippen molar-refractivity contribution in [1.82, 2.24) is 4.98 Å². The molecule has 1 aliphatic heterocycles. The zero-order valence-electron chi connectivity index (χ0n) is 26.7. The molecule has 6 aromatic rings. The highest BCUT2D eigenvalue weighted by atomic mass is 15.1. The number of anilines is 5. The number of benzene rings is 5. The van der Waals surface area contributed by atoms with Crippen molar-refractivity contribution in [3.63, 3.8) is 0 Å². The quantitative estimate of drug-likeness (QED) is 0.218. The number of hydrogen-bond acceptors (Lipinski definition) is 3. The average molecular weight is 586 g/mol. The van der Waals surface area contributed by atoms with Crippen molar-refractivity contribution in [3.05, 3.63) is 156 Å². The van der Waals surface area contributed by atoms with Crippen LogP contribution in [0.5, 0.6) is 0 Å². The lowest BCUT2D eigenvalue weighted by Crippen LogP contribution is -2.26. The average Bonchev–Trinajstić information content (AvgIpc) is 3.05. The third-order valence-corrected chi connectivity index (χ3v) is 9.03. The number of para-hydroxylation sites is 3. The molecule has 7 rings (SSSR count). The second-order valence-corrected chi connectivity index (χ2v) is 13.5. The smallest absolute Gasteiger partial charge is 0.0702 e. The molecule has 0 radical (unpaired) electrons. The highest BCUT2D eigenvalue weighted by Gasteiger charge is 2.33. The van der Waals surface area contributed by atoms with Crippen LogP contribution in [-0.4, -0.2) is 4.98 Å². The number of fused-ring (bicyclic) bond motifs is 2. The Balaban J connectivity index is 1.40. The molecule has 3 heteroatoms. The molecule has 0 saturated heterocycles. The first-order chi connectivity index (χ1) is 21.7. The Morgan fingerprint density at radius 2 is 1.29 bits per heavy atom. The maximum Gasteiger partial charge on any atom is 0.0702 e. The van der Waals surface area contributed by atoms with Crippen LogP contribution in [0, 0.1) is 0 Å². The number of nitrogens with zero attached hydrogens (tertiary/aromatic N) is 2. The van der Waals surface area contributed by atoms with Crippen molar-refractivity contribution < 1.29 is 0 Å². The van der Waals surface area contributed by atoms with E-state index in [0.717, 1.165) is 28.3 Å². The van der Waals surface area contributed by atoms with Gasteiger partial charge in [-0.2, -0.15) is 0 Å². The van der Waals surface area contributed by atoms with Gasteiger partial charge in [0.05, 0.1) is 11.4 Å². The largest absolute Gasteiger partial charge is 0.355 e. The molecule has 222 valence electrons. The van der Waals surface area contributed by atoms with Crippen LogP contribution in [-0.2, 0) is 10.8 Å². The maximum atomic E-state index is 4.72. The lowest BCUT2D eigenvalue weighted by Gasteiger charge is -2.37. The molecule has 1 aromatic heterocycles. The van der Waals surface area contributed by atoms with Gasteiger partial charge in [-0.3, -0.25) is 4.98 Å². The van der Waals surface area contributed by atoms with Crippen molar-refractivity contribution in [3.8, 4) is 22.4 Å². The van der Waals surface area contributed by atoms with E-state index >= 15 is 0 Å². The van der Waals surface area contributed by atoms with E-state index in [0.29, 0.717) is 0 Å². The predicted molar refractivity (Wildman–Crippen MR) is 190 cm³/mol. The van der Waals surface area contributed by atoms with E-state index in [1.807, 2.05) is 12.3 Å². The van der Waals surface area contributed by atoms with Gasteiger partial charge in [0.25, 0.3) is 0 Å². The van der Waals surface area contributed by atoms with Crippen molar-refractivity contribution in [2.75, 3.05) is 10.2 Å². The van der Waals surface area contributed by atoms with E-state index in [-0.39, 0.29) is 10.8 Å². The lowest BCUT2D eigenvalue weighted by atomic mass is 9.73. The summed E-state index contributed by atoms with van der Waals surface area (Å²) in [6, 6.07) is 47.9. The van der Waals surface area contributed by atoms with Crippen LogP contribution in [0.2, 0.25) is 0 Å². The first kappa shape index (κ1) is 28.6. The third-order valence-electron chi connectivity index (χ3n) is 9.03. The second kappa shape index (κ2) is 11.1. The monoisotopic (exact) mass is 585 g/mol. The highest BCUT2D eigenvalue weighted by molar-refractivity contribution is 5.90. The standard InChI is InChI=1S/C42H39N3/c1-41(2,3)31-25-30(38-22-11-12-24-43-38)27-34(28-31)45(32-16-7-6-8-17-32)33-18-13-15-29(26-33)35-19-14-21-37-40(35)44-39-23-10-9-20-36(39)42(37,4)5/h6-28,44H,1-5H3. The summed E-state index contributed by atoms with van der Waals surface area (Å²) in [4.78, 5) is 7.08. The predicted octanol–water partition coefficient (Wildman–Crippen LogP) is 11.6. The molecule has 0 aliphatic carbocycles. The zero-order chi connectivity index (χ0) is 31.2. The summed E-state index contributed by atoms with van der Waals surface area (Å²) in [5, 5.41) is 3.80. The van der Waals surface area contributed by atoms with Gasteiger partial charge < -0.3 is 10.2 Å². The molecule has 0 atom stereocenters. The van der Waals surface area contributed by atoms with E-state index in [4.69, 9.17) is 4.98 Å². The molecule has 0 spiro atoms. The Bertz CT molecular complexity index is 1990. The minimum atomic E-state index is -0.115. The van der Waals surface area contributed by atoms with E-state index in [1.165, 1.54) is 39.2 Å². The van der Waals surface area contributed by atoms with Crippen LogP contribution < -0.4 is 10.2 Å². The fourth-order valence-corrected chi connectivity index (χ4v) is 6.56. The normalized spacial score (nSPS) is 13.4. The molecule has 0 unspecified atom stereocenters. The van der Waals surface area contributed by atoms with Crippen molar-refractivity contribution in [2.45, 2.75) is 45.4 Å². The summed E-state index contributed by atoms with van der Waals surface area (Å²) < 4.78 is 0. The molecule has 0 amide bonds. The number of aromatic nitrogens is 1. The molecule has 5 aromatic carbocycles. The fourth-order valence-electron chi connectivity index (χ4n) is 6.56. The van der Waals surface area contributed by atoms with E-state index in [2.05, 4.69) is 172 Å². The van der Waals surface area contributed by atoms with Gasteiger partial charge >= 0.3 is 0 Å². The van der Waals surface area contributed by atoms with E-state index in [1.54, 1.807) is 0 Å². The van der Waals surface area contributed by atoms with Crippen LogP contribution in [0.3, 0.4) is 0 Å². The Morgan fingerprint density at radius 1 is 0.600 bits per heavy atom. The van der Waals surface area contributed by atoms with Gasteiger partial charge in [0.2, 0.25) is 0 Å². The third kappa shape index (κ3) is 5.29. The summed E-state index contributed by atoms with van der Waals surface area (Å²) in [7, 11) is 0. The Kier molecular flexibility index (Phi) is 7.05. The van der Waals surface area contributed by atoms with E-state index < -0.39 is 0 Å². The summed E-state index contributed by atoms with van der Waals surface area (Å²) in [5.41, 5.74) is 13.8. The summed E-state index contributed by atoms with van der Waals surface area (Å²) in [5.74, 6) is 0. The molecular formula is C42H39N3. The molecule has 3 nitrogen and oxygen atoms in total. The Hall–Kier alpha value is -5.15. The Labute approximate surface area is 267 Å². The first-order valence-corrected chi connectivity index (χ1v) is 15.7. The van der Waals surface area contributed by atoms with Gasteiger partial charge in [0.1, 0.15) is 0 Å². The molecule has 0 fully saturated rings. The minimum Gasteiger partial charge on any atom is -0.355 e. The fraction of sp³-hybridized carbons (Fsp3) is 0.167. The van der Waals surface area contributed by atoms with Crippen LogP contribution in [0.25, 0.3) is 22.4 Å². The second-order valence-electron chi connectivity index (χ2n) is 13.5. The van der Waals surface area contributed by atoms with Gasteiger partial charge in [-0.1, -0.05) is 107 Å². The van der Waals surface area contributed by atoms with E-state index in [9.17, 15) is 0 Å². The number of rotatable bonds is 5. The zero-order valence-corrected chi connectivity index (χ0v) is 26.7. The van der Waals surface area contributed by atoms with Crippen LogP contribution in [0.4, 0.5) is 28.4 Å². The Morgan fingerprint density at radius 3 is 2.07 bits per heavy atom. The van der Waals surface area contributed by atoms with Gasteiger partial charge in [-0.05, 0) is 88.3 Å². The lowest BCUT2D eigenvalue weighted by molar-refractivity contribution is 0.590. The molecule has 45 heavy (non-hydrogen) atoms. The molecule has 0 bridgehead atoms. The number of nitrogens with one attached hydrogen (secondary N) is 1. The highest BCUT2D eigenvalue weighted by Crippen LogP contribution is 2.49. The van der Waals surface area contributed by atoms with Crippen molar-refractivity contribution >= 4 is 28.4 Å². The summed E-state index contributed by atoms with van der Waals surface area (Å²) >= 11 is 0. The first-order valence-electron chi connectivity index (χ1n) is 15.7. The van der Waals surface area contributed by atoms with Crippen molar-refractivity contribution in [2.24, 2.45) is 0 Å². The van der Waals surface area contributed by atoms with Crippen LogP contribution in [0.15, 0.2) is 140 Å². The number of pyridine rings is 1. The van der Waals surface area contributed by atoms with Gasteiger partial charge in [0, 0.05) is 45.5 Å². The molecule has 2 heterocycles. The summed E-state index contributed by atoms with van der Waals surface area (Å²) in [6.45, 7) is 11.5. The molecule has 1 aliphatic rings. The topological polar surface area (TPSA) is 28.2 Å². The van der Waals surface area contributed by atoms with Gasteiger partial charge in [-0.15, -0.1) is 0 Å². The summed E-state index contributed by atoms with van der Waals surface area (Å²) in [6.07, 6.45) is 1.87. The van der Waals surface area contributed by atoms with Gasteiger partial charge in [0.15, 0.2) is 0 Å². The maximum absolute atomic E-state index is 4.72. The van der Waals surface area contributed by atoms with Crippen LogP contribution in [0.1, 0.15) is 51.3 Å². The molecule has 1 N–H and O–H groups in total. The van der Waals surface area contributed by atoms with Crippen molar-refractivity contribution in [1.29, 1.82) is 0 Å². The SMILES string of the molecule is CC(C)(C)c1cc(-c2ccccn2)cc(N(c2ccccc2)c2cccc(-c3cccc4c3Nc3ccccc3C4(C)C)c2)c1. The number of hydrogen-bond donors (Lipinski definition) is 1. The van der Waals surface area contributed by atoms with Crippen LogP contribution >= 0.6 is 0 Å². The minimum absolute atomic E-state index is 0.0401. The van der Waals surface area contributed by atoms with Gasteiger partial charge in [-0.25, -0.2) is 0 Å².